The number of halogens is 1. The average molecular weight is 565 g/mol. The topological polar surface area (TPSA) is 130 Å². The lowest BCUT2D eigenvalue weighted by Gasteiger charge is -2.26. The number of rotatable bonds is 5. The number of benzene rings is 2. The van der Waals surface area contributed by atoms with E-state index in [0.29, 0.717) is 50.5 Å². The van der Waals surface area contributed by atoms with Gasteiger partial charge in [0.2, 0.25) is 5.88 Å². The number of thiazole rings is 1. The van der Waals surface area contributed by atoms with Gasteiger partial charge < -0.3 is 18.9 Å². The van der Waals surface area contributed by atoms with Crippen molar-refractivity contribution in [2.45, 2.75) is 20.0 Å². The number of anilines is 1. The molecule has 3 aromatic heterocycles. The van der Waals surface area contributed by atoms with Crippen LogP contribution in [0.3, 0.4) is 0 Å². The normalized spacial score (nSPS) is 14.4. The standard InChI is InChI=1S/C26H21ClN6O5S/c1-12-4-16(21-18(5-12)32-20(35-3)9-30-21)25-33-22-17(27)6-19-23(24(22)39-25)36-10-15(38-19)11-37-26(34)31-14-7-28-13(2)29-8-14/h4-9,15H,10-11H2,1-3H3,(H,31,34)/t15-/m1/s1. The molecule has 4 heterocycles. The summed E-state index contributed by atoms with van der Waals surface area (Å²) in [6.07, 6.45) is 3.41. The highest BCUT2D eigenvalue weighted by atomic mass is 35.5. The quantitative estimate of drug-likeness (QED) is 0.297. The number of carbonyl (C=O) groups excluding carboxylic acids is 1. The number of carbonyl (C=O) groups is 1. The zero-order valence-electron chi connectivity index (χ0n) is 21.0. The Bertz CT molecular complexity index is 1730. The van der Waals surface area contributed by atoms with Crippen molar-refractivity contribution in [3.63, 3.8) is 0 Å². The fourth-order valence-corrected chi connectivity index (χ4v) is 5.49. The van der Waals surface area contributed by atoms with Gasteiger partial charge in [0.25, 0.3) is 0 Å². The maximum Gasteiger partial charge on any atom is 0.411 e. The van der Waals surface area contributed by atoms with Crippen molar-refractivity contribution >= 4 is 56.0 Å². The van der Waals surface area contributed by atoms with Crippen LogP contribution >= 0.6 is 22.9 Å². The van der Waals surface area contributed by atoms with Crippen molar-refractivity contribution in [1.82, 2.24) is 24.9 Å². The van der Waals surface area contributed by atoms with Gasteiger partial charge in [0.1, 0.15) is 34.3 Å². The van der Waals surface area contributed by atoms with E-state index in [1.165, 1.54) is 23.7 Å². The molecule has 0 aliphatic carbocycles. The summed E-state index contributed by atoms with van der Waals surface area (Å²) < 4.78 is 23.4. The number of amides is 1. The van der Waals surface area contributed by atoms with E-state index in [1.54, 1.807) is 26.3 Å². The molecule has 13 heteroatoms. The first kappa shape index (κ1) is 25.0. The summed E-state index contributed by atoms with van der Waals surface area (Å²) in [4.78, 5) is 34.1. The third-order valence-electron chi connectivity index (χ3n) is 5.88. The predicted molar refractivity (Wildman–Crippen MR) is 146 cm³/mol. The van der Waals surface area contributed by atoms with Crippen LogP contribution in [-0.4, -0.2) is 57.4 Å². The van der Waals surface area contributed by atoms with Crippen LogP contribution in [-0.2, 0) is 4.74 Å². The fraction of sp³-hybridized carbons (Fsp3) is 0.231. The van der Waals surface area contributed by atoms with E-state index in [0.717, 1.165) is 20.8 Å². The molecule has 0 saturated carbocycles. The Morgan fingerprint density at radius 3 is 2.74 bits per heavy atom. The van der Waals surface area contributed by atoms with E-state index in [2.05, 4.69) is 25.3 Å². The van der Waals surface area contributed by atoms with Crippen molar-refractivity contribution in [3.8, 4) is 28.0 Å². The molecule has 39 heavy (non-hydrogen) atoms. The lowest BCUT2D eigenvalue weighted by atomic mass is 10.1. The largest absolute Gasteiger partial charge is 0.484 e. The first-order valence-corrected chi connectivity index (χ1v) is 13.0. The predicted octanol–water partition coefficient (Wildman–Crippen LogP) is 5.36. The Hall–Kier alpha value is -4.29. The molecule has 1 aliphatic heterocycles. The number of fused-ring (bicyclic) bond motifs is 4. The molecule has 0 saturated heterocycles. The number of hydrogen-bond donors (Lipinski definition) is 1. The van der Waals surface area contributed by atoms with Gasteiger partial charge in [-0.05, 0) is 31.5 Å². The van der Waals surface area contributed by atoms with Crippen molar-refractivity contribution in [2.75, 3.05) is 25.6 Å². The molecule has 5 aromatic rings. The number of hydrogen-bond acceptors (Lipinski definition) is 11. The minimum absolute atomic E-state index is 0.0288. The van der Waals surface area contributed by atoms with Crippen LogP contribution < -0.4 is 19.5 Å². The molecule has 198 valence electrons. The Kier molecular flexibility index (Phi) is 6.49. The van der Waals surface area contributed by atoms with Gasteiger partial charge in [0.15, 0.2) is 17.6 Å². The third kappa shape index (κ3) is 4.95. The lowest BCUT2D eigenvalue weighted by molar-refractivity contribution is 0.0383. The van der Waals surface area contributed by atoms with Gasteiger partial charge in [-0.1, -0.05) is 11.6 Å². The molecule has 0 bridgehead atoms. The highest BCUT2D eigenvalue weighted by molar-refractivity contribution is 7.22. The van der Waals surface area contributed by atoms with E-state index in [1.807, 2.05) is 19.1 Å². The molecule has 0 radical (unpaired) electrons. The van der Waals surface area contributed by atoms with E-state index in [-0.39, 0.29) is 13.2 Å². The summed E-state index contributed by atoms with van der Waals surface area (Å²) in [5, 5.41) is 3.71. The smallest absolute Gasteiger partial charge is 0.411 e. The first-order valence-electron chi connectivity index (χ1n) is 11.8. The third-order valence-corrected chi connectivity index (χ3v) is 7.26. The summed E-state index contributed by atoms with van der Waals surface area (Å²) in [7, 11) is 1.56. The van der Waals surface area contributed by atoms with Gasteiger partial charge >= 0.3 is 6.09 Å². The van der Waals surface area contributed by atoms with Crippen LogP contribution in [0.4, 0.5) is 10.5 Å². The minimum Gasteiger partial charge on any atom is -0.484 e. The molecule has 1 atom stereocenters. The fourth-order valence-electron chi connectivity index (χ4n) is 4.10. The molecule has 0 fully saturated rings. The van der Waals surface area contributed by atoms with Gasteiger partial charge in [-0.2, -0.15) is 0 Å². The Morgan fingerprint density at radius 1 is 1.13 bits per heavy atom. The van der Waals surface area contributed by atoms with Crippen molar-refractivity contribution in [3.05, 3.63) is 53.2 Å². The molecule has 0 spiro atoms. The summed E-state index contributed by atoms with van der Waals surface area (Å²) in [5.41, 5.74) is 4.28. The van der Waals surface area contributed by atoms with E-state index < -0.39 is 12.2 Å². The van der Waals surface area contributed by atoms with Crippen LogP contribution in [0.2, 0.25) is 5.02 Å². The summed E-state index contributed by atoms with van der Waals surface area (Å²) in [5.74, 6) is 2.03. The monoisotopic (exact) mass is 564 g/mol. The molecule has 6 rings (SSSR count). The Morgan fingerprint density at radius 2 is 1.95 bits per heavy atom. The van der Waals surface area contributed by atoms with Crippen LogP contribution in [0.15, 0.2) is 36.8 Å². The highest BCUT2D eigenvalue weighted by Crippen LogP contribution is 2.47. The SMILES string of the molecule is COc1cnc2c(-c3nc4c(Cl)cc5c(c4s3)OC[C@H](COC(=O)Nc3cnc(C)nc3)O5)cc(C)cc2n1. The van der Waals surface area contributed by atoms with Crippen LogP contribution in [0, 0.1) is 13.8 Å². The molecule has 1 aliphatic rings. The summed E-state index contributed by atoms with van der Waals surface area (Å²) >= 11 is 8.04. The number of ether oxygens (including phenoxy) is 4. The van der Waals surface area contributed by atoms with Crippen LogP contribution in [0.25, 0.3) is 31.8 Å². The summed E-state index contributed by atoms with van der Waals surface area (Å²) in [6.45, 7) is 3.89. The molecule has 1 amide bonds. The van der Waals surface area contributed by atoms with E-state index in [9.17, 15) is 4.79 Å². The Labute approximate surface area is 231 Å². The number of methoxy groups -OCH3 is 1. The van der Waals surface area contributed by atoms with Crippen LogP contribution in [0.5, 0.6) is 17.4 Å². The molecular weight excluding hydrogens is 544 g/mol. The lowest BCUT2D eigenvalue weighted by Crippen LogP contribution is -2.35. The number of aryl methyl sites for hydroxylation is 2. The van der Waals surface area contributed by atoms with Gasteiger partial charge in [-0.3, -0.25) is 5.32 Å². The minimum atomic E-state index is -0.650. The molecule has 0 unspecified atom stereocenters. The zero-order valence-corrected chi connectivity index (χ0v) is 22.6. The van der Waals surface area contributed by atoms with E-state index >= 15 is 0 Å². The number of nitrogens with zero attached hydrogens (tertiary/aromatic N) is 5. The maximum atomic E-state index is 12.2. The summed E-state index contributed by atoms with van der Waals surface area (Å²) in [6, 6.07) is 5.63. The van der Waals surface area contributed by atoms with Gasteiger partial charge in [-0.25, -0.2) is 29.7 Å². The average Bonchev–Trinajstić information content (AvgIpc) is 3.38. The highest BCUT2D eigenvalue weighted by Gasteiger charge is 2.28. The van der Waals surface area contributed by atoms with Crippen molar-refractivity contribution in [1.29, 1.82) is 0 Å². The molecule has 2 aromatic carbocycles. The number of aromatic nitrogens is 5. The molecule has 11 nitrogen and oxygen atoms in total. The van der Waals surface area contributed by atoms with Gasteiger partial charge in [0.05, 0.1) is 47.4 Å². The Balaban J connectivity index is 1.24. The molecular formula is C26H21ClN6O5S. The zero-order chi connectivity index (χ0) is 27.1. The number of nitrogens with one attached hydrogen (secondary N) is 1. The second-order valence-corrected chi connectivity index (χ2v) is 10.2. The van der Waals surface area contributed by atoms with Crippen molar-refractivity contribution in [2.24, 2.45) is 0 Å². The van der Waals surface area contributed by atoms with Gasteiger partial charge in [-0.15, -0.1) is 11.3 Å². The van der Waals surface area contributed by atoms with Crippen LogP contribution in [0.1, 0.15) is 11.4 Å². The maximum absolute atomic E-state index is 12.2. The van der Waals surface area contributed by atoms with E-state index in [4.69, 9.17) is 35.5 Å². The molecule has 1 N–H and O–H groups in total. The second kappa shape index (κ2) is 10.1. The van der Waals surface area contributed by atoms with Crippen molar-refractivity contribution < 1.29 is 23.7 Å². The van der Waals surface area contributed by atoms with Gasteiger partial charge in [0, 0.05) is 11.6 Å². The first-order chi connectivity index (χ1) is 18.9. The second-order valence-electron chi connectivity index (χ2n) is 8.77.